The molecular weight excluding hydrogens is 136 g/mol. The van der Waals surface area contributed by atoms with E-state index >= 15 is 0 Å². The minimum absolute atomic E-state index is 0.224. The Kier molecular flexibility index (Phi) is 2.50. The molecule has 1 unspecified atom stereocenters. The minimum atomic E-state index is -0.543. The van der Waals surface area contributed by atoms with E-state index < -0.39 is 5.60 Å². The van der Waals surface area contributed by atoms with Gasteiger partial charge in [-0.1, -0.05) is 37.6 Å². The van der Waals surface area contributed by atoms with Gasteiger partial charge in [0, 0.05) is 5.92 Å². The van der Waals surface area contributed by atoms with Gasteiger partial charge in [-0.25, -0.2) is 0 Å². The summed E-state index contributed by atoms with van der Waals surface area (Å²) in [5.41, 5.74) is -0.543. The normalized spacial score (nSPS) is 22.5. The van der Waals surface area contributed by atoms with Crippen LogP contribution in [0.15, 0.2) is 24.3 Å². The number of aliphatic hydroxyl groups is 1. The van der Waals surface area contributed by atoms with Crippen LogP contribution in [0, 0.1) is 5.92 Å². The maximum absolute atomic E-state index is 9.91. The Balaban J connectivity index is 2.56. The van der Waals surface area contributed by atoms with Gasteiger partial charge in [-0.3, -0.25) is 0 Å². The van der Waals surface area contributed by atoms with Gasteiger partial charge in [-0.2, -0.15) is 0 Å². The second kappa shape index (κ2) is 3.22. The fourth-order valence-corrected chi connectivity index (χ4v) is 1.52. The van der Waals surface area contributed by atoms with Crippen LogP contribution in [0.5, 0.6) is 0 Å². The quantitative estimate of drug-likeness (QED) is 0.657. The van der Waals surface area contributed by atoms with Gasteiger partial charge in [0.25, 0.3) is 0 Å². The first-order valence-electron chi connectivity index (χ1n) is 4.24. The maximum atomic E-state index is 9.91. The van der Waals surface area contributed by atoms with Gasteiger partial charge in [-0.15, -0.1) is 0 Å². The van der Waals surface area contributed by atoms with Gasteiger partial charge in [0.15, 0.2) is 0 Å². The van der Waals surface area contributed by atoms with Crippen LogP contribution in [0.3, 0.4) is 0 Å². The van der Waals surface area contributed by atoms with Crippen molar-refractivity contribution >= 4 is 0 Å². The minimum Gasteiger partial charge on any atom is -0.389 e. The van der Waals surface area contributed by atoms with Gasteiger partial charge in [0.05, 0.1) is 5.60 Å². The van der Waals surface area contributed by atoms with E-state index in [1.807, 2.05) is 19.1 Å². The van der Waals surface area contributed by atoms with Crippen LogP contribution >= 0.6 is 0 Å². The molecular formula is C10H16O. The van der Waals surface area contributed by atoms with Crippen molar-refractivity contribution in [2.24, 2.45) is 5.92 Å². The first-order valence-corrected chi connectivity index (χ1v) is 4.24. The van der Waals surface area contributed by atoms with Crippen molar-refractivity contribution in [3.8, 4) is 0 Å². The Bertz CT molecular complexity index is 165. The molecule has 0 spiro atoms. The molecule has 0 aromatic carbocycles. The van der Waals surface area contributed by atoms with E-state index in [4.69, 9.17) is 0 Å². The van der Waals surface area contributed by atoms with Crippen molar-refractivity contribution in [1.29, 1.82) is 0 Å². The third-order valence-electron chi connectivity index (χ3n) is 2.22. The molecule has 0 amide bonds. The molecule has 0 aromatic rings. The molecule has 1 aliphatic carbocycles. The SMILES string of the molecule is CCCC(C)(O)C1C=CC=C1. The molecule has 1 atom stereocenters. The molecule has 0 saturated carbocycles. The number of hydrogen-bond donors (Lipinski definition) is 1. The molecule has 0 fully saturated rings. The molecule has 0 bridgehead atoms. The van der Waals surface area contributed by atoms with E-state index in [-0.39, 0.29) is 5.92 Å². The Morgan fingerprint density at radius 1 is 1.36 bits per heavy atom. The lowest BCUT2D eigenvalue weighted by molar-refractivity contribution is 0.0259. The fourth-order valence-electron chi connectivity index (χ4n) is 1.52. The second-order valence-corrected chi connectivity index (χ2v) is 3.40. The van der Waals surface area contributed by atoms with Gasteiger partial charge >= 0.3 is 0 Å². The number of rotatable bonds is 3. The summed E-state index contributed by atoms with van der Waals surface area (Å²) in [5, 5.41) is 9.91. The van der Waals surface area contributed by atoms with Gasteiger partial charge < -0.3 is 5.11 Å². The Hall–Kier alpha value is -0.560. The van der Waals surface area contributed by atoms with Gasteiger partial charge in [0.1, 0.15) is 0 Å². The lowest BCUT2D eigenvalue weighted by Crippen LogP contribution is -2.31. The van der Waals surface area contributed by atoms with Crippen molar-refractivity contribution < 1.29 is 5.11 Å². The topological polar surface area (TPSA) is 20.2 Å². The maximum Gasteiger partial charge on any atom is 0.0716 e. The highest BCUT2D eigenvalue weighted by molar-refractivity contribution is 5.21. The summed E-state index contributed by atoms with van der Waals surface area (Å²) >= 11 is 0. The van der Waals surface area contributed by atoms with E-state index in [1.165, 1.54) is 0 Å². The average Bonchev–Trinajstić information content (AvgIpc) is 2.37. The summed E-state index contributed by atoms with van der Waals surface area (Å²) in [4.78, 5) is 0. The lowest BCUT2D eigenvalue weighted by Gasteiger charge is -2.27. The van der Waals surface area contributed by atoms with E-state index in [9.17, 15) is 5.11 Å². The molecule has 62 valence electrons. The third-order valence-corrected chi connectivity index (χ3v) is 2.22. The summed E-state index contributed by atoms with van der Waals surface area (Å²) in [6, 6.07) is 0. The zero-order valence-corrected chi connectivity index (χ0v) is 7.25. The first kappa shape index (κ1) is 8.54. The molecule has 0 heterocycles. The van der Waals surface area contributed by atoms with Crippen molar-refractivity contribution in [1.82, 2.24) is 0 Å². The van der Waals surface area contributed by atoms with Crippen LogP contribution in [-0.2, 0) is 0 Å². The Morgan fingerprint density at radius 3 is 2.36 bits per heavy atom. The first-order chi connectivity index (χ1) is 5.17. The van der Waals surface area contributed by atoms with Crippen molar-refractivity contribution in [3.63, 3.8) is 0 Å². The summed E-state index contributed by atoms with van der Waals surface area (Å²) < 4.78 is 0. The molecule has 1 rings (SSSR count). The number of hydrogen-bond acceptors (Lipinski definition) is 1. The van der Waals surface area contributed by atoms with E-state index in [1.54, 1.807) is 0 Å². The van der Waals surface area contributed by atoms with E-state index in [0.717, 1.165) is 12.8 Å². The highest BCUT2D eigenvalue weighted by Gasteiger charge is 2.27. The van der Waals surface area contributed by atoms with Crippen LogP contribution < -0.4 is 0 Å². The highest BCUT2D eigenvalue weighted by Crippen LogP contribution is 2.27. The third kappa shape index (κ3) is 1.93. The molecule has 1 aliphatic rings. The van der Waals surface area contributed by atoms with Crippen LogP contribution in [0.2, 0.25) is 0 Å². The predicted octanol–water partition coefficient (Wildman–Crippen LogP) is 2.28. The summed E-state index contributed by atoms with van der Waals surface area (Å²) in [7, 11) is 0. The Morgan fingerprint density at radius 2 is 1.91 bits per heavy atom. The standard InChI is InChI=1S/C10H16O/c1-3-8-10(2,11)9-6-4-5-7-9/h4-7,9,11H,3,8H2,1-2H3. The number of allylic oxidation sites excluding steroid dienone is 2. The highest BCUT2D eigenvalue weighted by atomic mass is 16.3. The smallest absolute Gasteiger partial charge is 0.0716 e. The van der Waals surface area contributed by atoms with Crippen LogP contribution in [0.1, 0.15) is 26.7 Å². The molecule has 1 N–H and O–H groups in total. The predicted molar refractivity (Wildman–Crippen MR) is 47.3 cm³/mol. The summed E-state index contributed by atoms with van der Waals surface area (Å²) in [5.74, 6) is 0.224. The fraction of sp³-hybridized carbons (Fsp3) is 0.600. The zero-order chi connectivity index (χ0) is 8.32. The monoisotopic (exact) mass is 152 g/mol. The van der Waals surface area contributed by atoms with E-state index in [2.05, 4.69) is 19.1 Å². The van der Waals surface area contributed by atoms with E-state index in [0.29, 0.717) is 0 Å². The molecule has 0 aliphatic heterocycles. The van der Waals surface area contributed by atoms with Gasteiger partial charge in [-0.05, 0) is 13.3 Å². The van der Waals surface area contributed by atoms with Crippen molar-refractivity contribution in [2.75, 3.05) is 0 Å². The van der Waals surface area contributed by atoms with Gasteiger partial charge in [0.2, 0.25) is 0 Å². The zero-order valence-electron chi connectivity index (χ0n) is 7.25. The summed E-state index contributed by atoms with van der Waals surface area (Å²) in [6.45, 7) is 4.00. The van der Waals surface area contributed by atoms with Crippen molar-refractivity contribution in [3.05, 3.63) is 24.3 Å². The lowest BCUT2D eigenvalue weighted by atomic mass is 9.86. The molecule has 1 heteroatoms. The molecule has 0 radical (unpaired) electrons. The molecule has 0 saturated heterocycles. The second-order valence-electron chi connectivity index (χ2n) is 3.40. The molecule has 1 nitrogen and oxygen atoms in total. The largest absolute Gasteiger partial charge is 0.389 e. The van der Waals surface area contributed by atoms with Crippen LogP contribution in [0.25, 0.3) is 0 Å². The van der Waals surface area contributed by atoms with Crippen molar-refractivity contribution in [2.45, 2.75) is 32.3 Å². The molecule has 0 aromatic heterocycles. The van der Waals surface area contributed by atoms with Crippen LogP contribution in [0.4, 0.5) is 0 Å². The average molecular weight is 152 g/mol. The Labute approximate surface area is 68.4 Å². The molecule has 11 heavy (non-hydrogen) atoms. The van der Waals surface area contributed by atoms with Crippen LogP contribution in [-0.4, -0.2) is 10.7 Å². The summed E-state index contributed by atoms with van der Waals surface area (Å²) in [6.07, 6.45) is 9.99.